The lowest BCUT2D eigenvalue weighted by Gasteiger charge is -2.22. The standard InChI is InChI=1S/C11H9N3OS/c12-10(15)7-5-13-11-14(6-7)8-3-1-2-4-9(8)16-11/h1-5H,6H2,(H2,12,15). The van der Waals surface area contributed by atoms with E-state index in [9.17, 15) is 4.79 Å². The van der Waals surface area contributed by atoms with E-state index in [1.807, 2.05) is 29.2 Å². The molecule has 0 unspecified atom stereocenters. The van der Waals surface area contributed by atoms with Crippen molar-refractivity contribution in [2.45, 2.75) is 4.90 Å². The first-order chi connectivity index (χ1) is 7.75. The number of carbonyl (C=O) groups excluding carboxylic acids is 1. The summed E-state index contributed by atoms with van der Waals surface area (Å²) >= 11 is 1.61. The molecule has 2 aliphatic rings. The van der Waals surface area contributed by atoms with Gasteiger partial charge in [0.25, 0.3) is 0 Å². The Morgan fingerprint density at radius 3 is 3.06 bits per heavy atom. The predicted molar refractivity (Wildman–Crippen MR) is 64.4 cm³/mol. The molecule has 0 aromatic heterocycles. The van der Waals surface area contributed by atoms with E-state index in [2.05, 4.69) is 4.99 Å². The van der Waals surface area contributed by atoms with Gasteiger partial charge in [0.15, 0.2) is 5.17 Å². The lowest BCUT2D eigenvalue weighted by atomic mass is 10.2. The van der Waals surface area contributed by atoms with Crippen LogP contribution in [0.1, 0.15) is 0 Å². The summed E-state index contributed by atoms with van der Waals surface area (Å²) in [6.07, 6.45) is 1.56. The molecule has 80 valence electrons. The Morgan fingerprint density at radius 1 is 1.44 bits per heavy atom. The second-order valence-corrected chi connectivity index (χ2v) is 4.60. The van der Waals surface area contributed by atoms with Gasteiger partial charge in [0.1, 0.15) is 0 Å². The van der Waals surface area contributed by atoms with Crippen LogP contribution in [-0.2, 0) is 4.79 Å². The Kier molecular flexibility index (Phi) is 2.00. The van der Waals surface area contributed by atoms with E-state index in [-0.39, 0.29) is 0 Å². The minimum Gasteiger partial charge on any atom is -0.366 e. The summed E-state index contributed by atoms with van der Waals surface area (Å²) in [6, 6.07) is 8.04. The highest BCUT2D eigenvalue weighted by Gasteiger charge is 2.29. The zero-order valence-electron chi connectivity index (χ0n) is 8.38. The zero-order chi connectivity index (χ0) is 11.1. The van der Waals surface area contributed by atoms with Crippen molar-refractivity contribution in [1.29, 1.82) is 0 Å². The molecule has 0 spiro atoms. The number of anilines is 1. The Bertz CT molecular complexity index is 536. The quantitative estimate of drug-likeness (QED) is 0.793. The third-order valence-corrected chi connectivity index (χ3v) is 3.64. The van der Waals surface area contributed by atoms with E-state index in [0.717, 1.165) is 10.9 Å². The van der Waals surface area contributed by atoms with Gasteiger partial charge in [-0.2, -0.15) is 0 Å². The van der Waals surface area contributed by atoms with Crippen molar-refractivity contribution < 1.29 is 4.79 Å². The SMILES string of the molecule is NC(=O)C1=CN=C2Sc3ccccc3N2C1. The summed E-state index contributed by atoms with van der Waals surface area (Å²) in [5, 5.41) is 0.909. The Balaban J connectivity index is 2.02. The largest absolute Gasteiger partial charge is 0.366 e. The lowest BCUT2D eigenvalue weighted by molar-refractivity contribution is -0.114. The van der Waals surface area contributed by atoms with Crippen LogP contribution in [0.3, 0.4) is 0 Å². The van der Waals surface area contributed by atoms with Crippen molar-refractivity contribution in [3.05, 3.63) is 36.0 Å². The van der Waals surface area contributed by atoms with Crippen molar-refractivity contribution in [2.24, 2.45) is 10.7 Å². The van der Waals surface area contributed by atoms with Gasteiger partial charge in [0, 0.05) is 11.1 Å². The normalized spacial score (nSPS) is 17.4. The van der Waals surface area contributed by atoms with Crippen molar-refractivity contribution in [2.75, 3.05) is 11.4 Å². The van der Waals surface area contributed by atoms with E-state index in [1.165, 1.54) is 4.90 Å². The Hall–Kier alpha value is -1.75. The smallest absolute Gasteiger partial charge is 0.248 e. The number of nitrogens with two attached hydrogens (primary N) is 1. The summed E-state index contributed by atoms with van der Waals surface area (Å²) in [5.41, 5.74) is 6.90. The second-order valence-electron chi connectivity index (χ2n) is 3.59. The summed E-state index contributed by atoms with van der Waals surface area (Å²) < 4.78 is 0. The van der Waals surface area contributed by atoms with E-state index >= 15 is 0 Å². The average molecular weight is 231 g/mol. The van der Waals surface area contributed by atoms with Crippen molar-refractivity contribution in [3.63, 3.8) is 0 Å². The Morgan fingerprint density at radius 2 is 2.25 bits per heavy atom. The third-order valence-electron chi connectivity index (χ3n) is 2.56. The fraction of sp³-hybridized carbons (Fsp3) is 0.0909. The number of fused-ring (bicyclic) bond motifs is 3. The predicted octanol–water partition coefficient (Wildman–Crippen LogP) is 1.34. The first-order valence-corrected chi connectivity index (χ1v) is 5.68. The van der Waals surface area contributed by atoms with Crippen molar-refractivity contribution in [1.82, 2.24) is 0 Å². The zero-order valence-corrected chi connectivity index (χ0v) is 9.20. The van der Waals surface area contributed by atoms with E-state index in [4.69, 9.17) is 5.73 Å². The molecule has 0 saturated carbocycles. The van der Waals surface area contributed by atoms with Crippen LogP contribution in [0.25, 0.3) is 0 Å². The molecule has 0 saturated heterocycles. The van der Waals surface area contributed by atoms with Gasteiger partial charge in [-0.05, 0) is 23.9 Å². The number of carbonyl (C=O) groups is 1. The molecular formula is C11H9N3OS. The Labute approximate surface area is 96.8 Å². The van der Waals surface area contributed by atoms with E-state index in [1.54, 1.807) is 18.0 Å². The van der Waals surface area contributed by atoms with Gasteiger partial charge in [-0.1, -0.05) is 12.1 Å². The number of nitrogens with zero attached hydrogens (tertiary/aromatic N) is 2. The highest BCUT2D eigenvalue weighted by molar-refractivity contribution is 8.14. The minimum absolute atomic E-state index is 0.405. The van der Waals surface area contributed by atoms with Gasteiger partial charge in [-0.15, -0.1) is 0 Å². The van der Waals surface area contributed by atoms with Crippen LogP contribution in [0.5, 0.6) is 0 Å². The fourth-order valence-corrected chi connectivity index (χ4v) is 2.76. The molecule has 2 aliphatic heterocycles. The summed E-state index contributed by atoms with van der Waals surface area (Å²) in [6.45, 7) is 0.512. The molecule has 5 heteroatoms. The molecule has 1 aromatic carbocycles. The maximum atomic E-state index is 11.1. The molecule has 1 aromatic rings. The molecule has 0 bridgehead atoms. The van der Waals surface area contributed by atoms with Gasteiger partial charge in [0.2, 0.25) is 5.91 Å². The molecule has 0 radical (unpaired) electrons. The molecule has 4 nitrogen and oxygen atoms in total. The van der Waals surface area contributed by atoms with Crippen LogP contribution >= 0.6 is 11.8 Å². The highest BCUT2D eigenvalue weighted by atomic mass is 32.2. The van der Waals surface area contributed by atoms with Crippen LogP contribution in [0.4, 0.5) is 5.69 Å². The second kappa shape index (κ2) is 3.38. The summed E-state index contributed by atoms with van der Waals surface area (Å²) in [5.74, 6) is -0.405. The fourth-order valence-electron chi connectivity index (χ4n) is 1.76. The molecule has 0 aliphatic carbocycles. The number of amidine groups is 1. The van der Waals surface area contributed by atoms with Gasteiger partial charge in [-0.3, -0.25) is 4.79 Å². The van der Waals surface area contributed by atoms with E-state index < -0.39 is 5.91 Å². The number of amides is 1. The lowest BCUT2D eigenvalue weighted by Crippen LogP contribution is -2.33. The van der Waals surface area contributed by atoms with Crippen LogP contribution in [-0.4, -0.2) is 17.6 Å². The summed E-state index contributed by atoms with van der Waals surface area (Å²) in [7, 11) is 0. The number of hydrogen-bond acceptors (Lipinski definition) is 4. The van der Waals surface area contributed by atoms with Crippen LogP contribution < -0.4 is 10.6 Å². The van der Waals surface area contributed by atoms with Gasteiger partial charge in [-0.25, -0.2) is 4.99 Å². The molecule has 0 atom stereocenters. The highest BCUT2D eigenvalue weighted by Crippen LogP contribution is 2.41. The molecule has 16 heavy (non-hydrogen) atoms. The van der Waals surface area contributed by atoms with Gasteiger partial charge in [0.05, 0.1) is 17.8 Å². The average Bonchev–Trinajstić information content (AvgIpc) is 2.66. The molecule has 1 amide bonds. The van der Waals surface area contributed by atoms with Crippen molar-refractivity contribution in [3.8, 4) is 0 Å². The number of primary amides is 1. The van der Waals surface area contributed by atoms with Crippen molar-refractivity contribution >= 4 is 28.5 Å². The monoisotopic (exact) mass is 231 g/mol. The number of rotatable bonds is 1. The maximum absolute atomic E-state index is 11.1. The van der Waals surface area contributed by atoms with Crippen LogP contribution in [0.15, 0.2) is 45.9 Å². The molecule has 2 N–H and O–H groups in total. The van der Waals surface area contributed by atoms with Gasteiger partial charge < -0.3 is 10.6 Å². The van der Waals surface area contributed by atoms with Gasteiger partial charge >= 0.3 is 0 Å². The molecule has 2 heterocycles. The van der Waals surface area contributed by atoms with Crippen LogP contribution in [0, 0.1) is 0 Å². The first-order valence-electron chi connectivity index (χ1n) is 4.87. The first kappa shape index (κ1) is 9.47. The number of aliphatic imine (C=N–C) groups is 1. The van der Waals surface area contributed by atoms with Crippen LogP contribution in [0.2, 0.25) is 0 Å². The third kappa shape index (κ3) is 1.32. The minimum atomic E-state index is -0.405. The topological polar surface area (TPSA) is 58.7 Å². The summed E-state index contributed by atoms with van der Waals surface area (Å²) in [4.78, 5) is 18.5. The number of hydrogen-bond donors (Lipinski definition) is 1. The number of para-hydroxylation sites is 1. The molecule has 0 fully saturated rings. The van der Waals surface area contributed by atoms with E-state index in [0.29, 0.717) is 12.1 Å². The number of benzene rings is 1. The number of thioether (sulfide) groups is 1. The molecular weight excluding hydrogens is 222 g/mol. The maximum Gasteiger partial charge on any atom is 0.248 e. The molecule has 3 rings (SSSR count).